The van der Waals surface area contributed by atoms with Crippen LogP contribution in [0.15, 0.2) is 53.9 Å². The number of rotatable bonds is 3. The van der Waals surface area contributed by atoms with E-state index in [1.807, 2.05) is 39.0 Å². The van der Waals surface area contributed by atoms with Crippen LogP contribution in [0.2, 0.25) is 0 Å². The number of allylic oxidation sites excluding steroid dienone is 2. The maximum absolute atomic E-state index is 12.1. The largest absolute Gasteiger partial charge is 0.466 e. The Bertz CT molecular complexity index is 556. The van der Waals surface area contributed by atoms with Crippen LogP contribution in [0.4, 0.5) is 0 Å². The van der Waals surface area contributed by atoms with Crippen molar-refractivity contribution in [2.24, 2.45) is 5.41 Å². The summed E-state index contributed by atoms with van der Waals surface area (Å²) in [4.78, 5) is 14.1. The van der Waals surface area contributed by atoms with E-state index in [4.69, 9.17) is 4.74 Å². The third kappa shape index (κ3) is 2.77. The molecule has 3 heteroatoms. The normalized spacial score (nSPS) is 17.3. The summed E-state index contributed by atoms with van der Waals surface area (Å²) >= 11 is 0. The molecule has 1 aromatic carbocycles. The molecule has 0 saturated carbocycles. The summed E-state index contributed by atoms with van der Waals surface area (Å²) in [5.74, 6) is -0.255. The SMILES string of the molecule is COC(=O)C1=C(C)N(Cc2ccccc2)C=CC1(C)C. The second kappa shape index (κ2) is 5.53. The van der Waals surface area contributed by atoms with E-state index in [1.54, 1.807) is 0 Å². The van der Waals surface area contributed by atoms with E-state index in [2.05, 4.69) is 29.3 Å². The average molecular weight is 271 g/mol. The van der Waals surface area contributed by atoms with Crippen LogP contribution in [0.1, 0.15) is 26.3 Å². The molecule has 0 aliphatic carbocycles. The van der Waals surface area contributed by atoms with Gasteiger partial charge in [0.05, 0.1) is 12.7 Å². The van der Waals surface area contributed by atoms with Gasteiger partial charge < -0.3 is 9.64 Å². The molecule has 106 valence electrons. The van der Waals surface area contributed by atoms with Crippen LogP contribution in [0.3, 0.4) is 0 Å². The molecule has 0 spiro atoms. The van der Waals surface area contributed by atoms with Crippen LogP contribution < -0.4 is 0 Å². The number of methoxy groups -OCH3 is 1. The number of carbonyl (C=O) groups excluding carboxylic acids is 1. The molecule has 1 aliphatic rings. The van der Waals surface area contributed by atoms with Crippen molar-refractivity contribution in [3.63, 3.8) is 0 Å². The Labute approximate surface area is 120 Å². The van der Waals surface area contributed by atoms with Crippen LogP contribution in [0.25, 0.3) is 0 Å². The summed E-state index contributed by atoms with van der Waals surface area (Å²) in [7, 11) is 1.43. The molecule has 2 rings (SSSR count). The Balaban J connectivity index is 2.32. The van der Waals surface area contributed by atoms with E-state index < -0.39 is 0 Å². The highest BCUT2D eigenvalue weighted by Crippen LogP contribution is 2.36. The Morgan fingerprint density at radius 3 is 2.50 bits per heavy atom. The first kappa shape index (κ1) is 14.4. The van der Waals surface area contributed by atoms with Crippen LogP contribution in [0.5, 0.6) is 0 Å². The zero-order valence-electron chi connectivity index (χ0n) is 12.5. The molecule has 1 heterocycles. The van der Waals surface area contributed by atoms with Crippen molar-refractivity contribution in [3.05, 3.63) is 59.4 Å². The maximum Gasteiger partial charge on any atom is 0.336 e. The Morgan fingerprint density at radius 1 is 1.25 bits per heavy atom. The molecule has 0 bridgehead atoms. The quantitative estimate of drug-likeness (QED) is 0.788. The minimum absolute atomic E-state index is 0.255. The number of carbonyl (C=O) groups is 1. The number of nitrogens with zero attached hydrogens (tertiary/aromatic N) is 1. The molecule has 0 radical (unpaired) electrons. The van der Waals surface area contributed by atoms with E-state index in [1.165, 1.54) is 12.7 Å². The number of benzene rings is 1. The molecule has 0 aromatic heterocycles. The Kier molecular flexibility index (Phi) is 3.98. The van der Waals surface area contributed by atoms with Gasteiger partial charge in [0.25, 0.3) is 0 Å². The van der Waals surface area contributed by atoms with E-state index >= 15 is 0 Å². The van der Waals surface area contributed by atoms with Gasteiger partial charge >= 0.3 is 5.97 Å². The summed E-state index contributed by atoms with van der Waals surface area (Å²) in [6.45, 7) is 6.78. The van der Waals surface area contributed by atoms with Crippen molar-refractivity contribution >= 4 is 5.97 Å². The third-order valence-electron chi connectivity index (χ3n) is 3.69. The van der Waals surface area contributed by atoms with Crippen molar-refractivity contribution in [1.29, 1.82) is 0 Å². The van der Waals surface area contributed by atoms with Gasteiger partial charge in [-0.3, -0.25) is 0 Å². The van der Waals surface area contributed by atoms with Crippen molar-refractivity contribution in [2.75, 3.05) is 7.11 Å². The maximum atomic E-state index is 12.1. The molecular formula is C17H21NO2. The highest BCUT2D eigenvalue weighted by atomic mass is 16.5. The fraction of sp³-hybridized carbons (Fsp3) is 0.353. The summed E-state index contributed by atoms with van der Waals surface area (Å²) < 4.78 is 4.94. The molecule has 0 unspecified atom stereocenters. The van der Waals surface area contributed by atoms with Crippen molar-refractivity contribution < 1.29 is 9.53 Å². The highest BCUT2D eigenvalue weighted by molar-refractivity contribution is 5.91. The van der Waals surface area contributed by atoms with E-state index in [0.717, 1.165) is 17.8 Å². The van der Waals surface area contributed by atoms with Crippen molar-refractivity contribution in [2.45, 2.75) is 27.3 Å². The lowest BCUT2D eigenvalue weighted by molar-refractivity contribution is -0.137. The minimum atomic E-state index is -0.301. The van der Waals surface area contributed by atoms with Crippen molar-refractivity contribution in [3.8, 4) is 0 Å². The fourth-order valence-corrected chi connectivity index (χ4v) is 2.55. The van der Waals surface area contributed by atoms with Gasteiger partial charge in [0.15, 0.2) is 0 Å². The van der Waals surface area contributed by atoms with E-state index in [0.29, 0.717) is 0 Å². The second-order valence-electron chi connectivity index (χ2n) is 5.60. The summed E-state index contributed by atoms with van der Waals surface area (Å²) in [5.41, 5.74) is 2.58. The number of ether oxygens (including phenoxy) is 1. The van der Waals surface area contributed by atoms with Gasteiger partial charge in [-0.05, 0) is 12.5 Å². The summed E-state index contributed by atoms with van der Waals surface area (Å²) in [6, 6.07) is 10.2. The lowest BCUT2D eigenvalue weighted by atomic mass is 9.81. The summed E-state index contributed by atoms with van der Waals surface area (Å²) in [6.07, 6.45) is 4.10. The monoisotopic (exact) mass is 271 g/mol. The first-order valence-corrected chi connectivity index (χ1v) is 6.75. The lowest BCUT2D eigenvalue weighted by Crippen LogP contribution is -2.31. The molecule has 3 nitrogen and oxygen atoms in total. The first-order chi connectivity index (χ1) is 9.45. The zero-order chi connectivity index (χ0) is 14.8. The zero-order valence-corrected chi connectivity index (χ0v) is 12.5. The highest BCUT2D eigenvalue weighted by Gasteiger charge is 2.33. The minimum Gasteiger partial charge on any atom is -0.466 e. The van der Waals surface area contributed by atoms with E-state index in [-0.39, 0.29) is 11.4 Å². The third-order valence-corrected chi connectivity index (χ3v) is 3.69. The molecule has 1 aromatic rings. The summed E-state index contributed by atoms with van der Waals surface area (Å²) in [5, 5.41) is 0. The topological polar surface area (TPSA) is 29.5 Å². The van der Waals surface area contributed by atoms with Crippen LogP contribution in [0, 0.1) is 5.41 Å². The van der Waals surface area contributed by atoms with Gasteiger partial charge in [0.2, 0.25) is 0 Å². The standard InChI is InChI=1S/C17H21NO2/c1-13-15(16(19)20-4)17(2,3)10-11-18(13)12-14-8-6-5-7-9-14/h5-11H,12H2,1-4H3. The second-order valence-corrected chi connectivity index (χ2v) is 5.60. The lowest BCUT2D eigenvalue weighted by Gasteiger charge is -2.34. The molecule has 0 atom stereocenters. The fourth-order valence-electron chi connectivity index (χ4n) is 2.55. The number of hydrogen-bond donors (Lipinski definition) is 0. The van der Waals surface area contributed by atoms with Gasteiger partial charge in [0.1, 0.15) is 0 Å². The smallest absolute Gasteiger partial charge is 0.336 e. The van der Waals surface area contributed by atoms with Gasteiger partial charge in [-0.1, -0.05) is 50.3 Å². The van der Waals surface area contributed by atoms with Gasteiger partial charge in [-0.25, -0.2) is 4.79 Å². The molecule has 1 aliphatic heterocycles. The van der Waals surface area contributed by atoms with Crippen molar-refractivity contribution in [1.82, 2.24) is 4.90 Å². The predicted octanol–water partition coefficient (Wildman–Crippen LogP) is 3.49. The molecule has 0 saturated heterocycles. The van der Waals surface area contributed by atoms with Gasteiger partial charge in [-0.15, -0.1) is 0 Å². The first-order valence-electron chi connectivity index (χ1n) is 6.75. The van der Waals surface area contributed by atoms with E-state index in [9.17, 15) is 4.79 Å². The van der Waals surface area contributed by atoms with Crippen LogP contribution in [-0.4, -0.2) is 18.0 Å². The van der Waals surface area contributed by atoms with Crippen LogP contribution in [-0.2, 0) is 16.1 Å². The Hall–Kier alpha value is -2.03. The van der Waals surface area contributed by atoms with Crippen LogP contribution >= 0.6 is 0 Å². The molecule has 0 N–H and O–H groups in total. The number of esters is 1. The van der Waals surface area contributed by atoms with Gasteiger partial charge in [0, 0.05) is 23.9 Å². The average Bonchev–Trinajstić information content (AvgIpc) is 2.43. The Morgan fingerprint density at radius 2 is 1.90 bits per heavy atom. The molecule has 0 amide bonds. The van der Waals surface area contributed by atoms with Gasteiger partial charge in [-0.2, -0.15) is 0 Å². The molecular weight excluding hydrogens is 250 g/mol. The molecule has 0 fully saturated rings. The number of hydrogen-bond acceptors (Lipinski definition) is 3. The molecule has 20 heavy (non-hydrogen) atoms. The predicted molar refractivity (Wildman–Crippen MR) is 79.6 cm³/mol.